The zero-order valence-corrected chi connectivity index (χ0v) is 13.8. The van der Waals surface area contributed by atoms with Crippen LogP contribution >= 0.6 is 0 Å². The highest BCUT2D eigenvalue weighted by Crippen LogP contribution is 2.37. The maximum atomic E-state index is 13.1. The minimum absolute atomic E-state index is 0.302. The third-order valence-corrected chi connectivity index (χ3v) is 3.95. The van der Waals surface area contributed by atoms with E-state index in [0.717, 1.165) is 12.1 Å². The predicted molar refractivity (Wildman–Crippen MR) is 88.6 cm³/mol. The van der Waals surface area contributed by atoms with Crippen molar-refractivity contribution in [1.29, 1.82) is 0 Å². The average Bonchev–Trinajstić information content (AvgIpc) is 2.69. The van der Waals surface area contributed by atoms with Gasteiger partial charge in [0.1, 0.15) is 17.7 Å². The summed E-state index contributed by atoms with van der Waals surface area (Å²) in [6, 6.07) is 13.4. The Balaban J connectivity index is 2.02. The maximum absolute atomic E-state index is 13.1. The molecule has 1 unspecified atom stereocenters. The first-order valence-corrected chi connectivity index (χ1v) is 7.83. The van der Waals surface area contributed by atoms with Crippen molar-refractivity contribution in [3.63, 3.8) is 0 Å². The Morgan fingerprint density at radius 2 is 1.37 bits per heavy atom. The Hall–Kier alpha value is -3.00. The van der Waals surface area contributed by atoms with Crippen LogP contribution in [0.3, 0.4) is 0 Å². The highest BCUT2D eigenvalue weighted by Gasteiger charge is 2.44. The molecule has 3 rings (SSSR count). The number of nitrogens with zero attached hydrogens (tertiary/aromatic N) is 2. The van der Waals surface area contributed by atoms with Gasteiger partial charge < -0.3 is 9.84 Å². The van der Waals surface area contributed by atoms with E-state index >= 15 is 0 Å². The Kier molecular flexibility index (Phi) is 5.09. The lowest BCUT2D eigenvalue weighted by Crippen LogP contribution is -2.33. The van der Waals surface area contributed by atoms with Gasteiger partial charge in [-0.3, -0.25) is 0 Å². The molecule has 1 atom stereocenters. The molecule has 0 bridgehead atoms. The molecule has 0 aliphatic rings. The molecule has 2 aromatic carbocycles. The number of hydrogen-bond donors (Lipinski definition) is 1. The molecule has 4 nitrogen and oxygen atoms in total. The Bertz CT molecular complexity index is 836. The van der Waals surface area contributed by atoms with Crippen molar-refractivity contribution in [3.05, 3.63) is 90.0 Å². The van der Waals surface area contributed by atoms with Crippen molar-refractivity contribution in [2.75, 3.05) is 0 Å². The SMILES string of the molecule is OC(c1ccccc1)(c1ccc(OC(F)(F)C(F)F)cc1)c1cncnc1. The van der Waals surface area contributed by atoms with Crippen LogP contribution in [-0.2, 0) is 5.60 Å². The summed E-state index contributed by atoms with van der Waals surface area (Å²) in [5, 5.41) is 11.4. The van der Waals surface area contributed by atoms with E-state index in [1.54, 1.807) is 30.3 Å². The molecule has 140 valence electrons. The van der Waals surface area contributed by atoms with Crippen LogP contribution in [0.5, 0.6) is 5.75 Å². The standard InChI is InChI=1S/C19H14F4N2O2/c20-17(21)19(22,23)27-16-8-6-14(7-9-16)18(26,13-4-2-1-3-5-13)15-10-24-12-25-11-15/h1-12,17,26H. The number of aromatic nitrogens is 2. The summed E-state index contributed by atoms with van der Waals surface area (Å²) < 4.78 is 54.7. The number of aliphatic hydroxyl groups is 1. The summed E-state index contributed by atoms with van der Waals surface area (Å²) in [7, 11) is 0. The van der Waals surface area contributed by atoms with Crippen molar-refractivity contribution in [1.82, 2.24) is 9.97 Å². The van der Waals surface area contributed by atoms with E-state index in [1.165, 1.54) is 30.9 Å². The molecule has 3 aromatic rings. The number of benzene rings is 2. The van der Waals surface area contributed by atoms with Gasteiger partial charge in [0, 0.05) is 18.0 Å². The van der Waals surface area contributed by atoms with Gasteiger partial charge in [-0.1, -0.05) is 42.5 Å². The first-order chi connectivity index (χ1) is 12.8. The number of ether oxygens (including phenoxy) is 1. The van der Waals surface area contributed by atoms with Crippen molar-refractivity contribution in [2.45, 2.75) is 18.1 Å². The van der Waals surface area contributed by atoms with Crippen LogP contribution in [0.25, 0.3) is 0 Å². The molecule has 0 amide bonds. The van der Waals surface area contributed by atoms with Gasteiger partial charge in [-0.05, 0) is 23.3 Å². The average molecular weight is 378 g/mol. The van der Waals surface area contributed by atoms with Crippen LogP contribution in [0.15, 0.2) is 73.3 Å². The van der Waals surface area contributed by atoms with E-state index in [-0.39, 0.29) is 0 Å². The van der Waals surface area contributed by atoms with Crippen molar-refractivity contribution in [3.8, 4) is 5.75 Å². The second kappa shape index (κ2) is 7.32. The second-order valence-corrected chi connectivity index (χ2v) is 5.69. The van der Waals surface area contributed by atoms with Crippen LogP contribution in [0.1, 0.15) is 16.7 Å². The fourth-order valence-corrected chi connectivity index (χ4v) is 2.63. The lowest BCUT2D eigenvalue weighted by atomic mass is 9.81. The molecular weight excluding hydrogens is 364 g/mol. The number of hydrogen-bond acceptors (Lipinski definition) is 4. The van der Waals surface area contributed by atoms with Gasteiger partial charge in [-0.2, -0.15) is 17.6 Å². The zero-order valence-electron chi connectivity index (χ0n) is 13.8. The molecule has 27 heavy (non-hydrogen) atoms. The molecule has 0 radical (unpaired) electrons. The normalized spacial score (nSPS) is 14.0. The van der Waals surface area contributed by atoms with Crippen molar-refractivity contribution in [2.24, 2.45) is 0 Å². The largest absolute Gasteiger partial charge is 0.461 e. The number of rotatable bonds is 6. The third-order valence-electron chi connectivity index (χ3n) is 3.95. The van der Waals surface area contributed by atoms with Crippen LogP contribution in [-0.4, -0.2) is 27.6 Å². The number of halogens is 4. The summed E-state index contributed by atoms with van der Waals surface area (Å²) in [5.41, 5.74) is -0.530. The van der Waals surface area contributed by atoms with Gasteiger partial charge in [0.25, 0.3) is 0 Å². The Labute approximate surface area is 152 Å². The summed E-state index contributed by atoms with van der Waals surface area (Å²) in [4.78, 5) is 7.82. The molecule has 0 aliphatic carbocycles. The second-order valence-electron chi connectivity index (χ2n) is 5.69. The number of alkyl halides is 4. The third kappa shape index (κ3) is 3.75. The van der Waals surface area contributed by atoms with E-state index in [9.17, 15) is 22.7 Å². The molecule has 1 aromatic heterocycles. The van der Waals surface area contributed by atoms with E-state index in [4.69, 9.17) is 0 Å². The maximum Gasteiger partial charge on any atom is 0.461 e. The van der Waals surface area contributed by atoms with Crippen molar-refractivity contribution >= 4 is 0 Å². The molecule has 0 fully saturated rings. The molecule has 0 spiro atoms. The van der Waals surface area contributed by atoms with Gasteiger partial charge >= 0.3 is 12.5 Å². The lowest BCUT2D eigenvalue weighted by molar-refractivity contribution is -0.253. The highest BCUT2D eigenvalue weighted by molar-refractivity contribution is 5.46. The van der Waals surface area contributed by atoms with Crippen molar-refractivity contribution < 1.29 is 27.4 Å². The predicted octanol–water partition coefficient (Wildman–Crippen LogP) is 4.00. The smallest absolute Gasteiger partial charge is 0.428 e. The van der Waals surface area contributed by atoms with E-state index < -0.39 is 23.9 Å². The molecular formula is C19H14F4N2O2. The molecule has 1 N–H and O–H groups in total. The monoisotopic (exact) mass is 378 g/mol. The zero-order chi connectivity index (χ0) is 19.5. The topological polar surface area (TPSA) is 55.2 Å². The van der Waals surface area contributed by atoms with E-state index in [0.29, 0.717) is 16.7 Å². The Morgan fingerprint density at radius 1 is 0.815 bits per heavy atom. The molecule has 8 heteroatoms. The first-order valence-electron chi connectivity index (χ1n) is 7.83. The van der Waals surface area contributed by atoms with Gasteiger partial charge in [0.2, 0.25) is 0 Å². The van der Waals surface area contributed by atoms with E-state index in [2.05, 4.69) is 14.7 Å². The lowest BCUT2D eigenvalue weighted by Gasteiger charge is -2.29. The van der Waals surface area contributed by atoms with Crippen LogP contribution in [0.4, 0.5) is 17.6 Å². The van der Waals surface area contributed by atoms with E-state index in [1.807, 2.05) is 0 Å². The summed E-state index contributed by atoms with van der Waals surface area (Å²) in [6.45, 7) is 0. The van der Waals surface area contributed by atoms with Crippen LogP contribution in [0, 0.1) is 0 Å². The fraction of sp³-hybridized carbons (Fsp3) is 0.158. The van der Waals surface area contributed by atoms with Crippen LogP contribution in [0.2, 0.25) is 0 Å². The highest BCUT2D eigenvalue weighted by atomic mass is 19.3. The van der Waals surface area contributed by atoms with Gasteiger partial charge in [-0.25, -0.2) is 9.97 Å². The summed E-state index contributed by atoms with van der Waals surface area (Å²) >= 11 is 0. The first kappa shape index (κ1) is 18.8. The molecule has 0 saturated carbocycles. The minimum Gasteiger partial charge on any atom is -0.428 e. The molecule has 1 heterocycles. The summed E-state index contributed by atoms with van der Waals surface area (Å²) in [6.07, 6.45) is -4.41. The van der Waals surface area contributed by atoms with Gasteiger partial charge in [-0.15, -0.1) is 0 Å². The van der Waals surface area contributed by atoms with Gasteiger partial charge in [0.05, 0.1) is 0 Å². The Morgan fingerprint density at radius 3 is 1.93 bits per heavy atom. The van der Waals surface area contributed by atoms with Crippen LogP contribution < -0.4 is 4.74 Å². The fourth-order valence-electron chi connectivity index (χ4n) is 2.63. The molecule has 0 saturated heterocycles. The quantitative estimate of drug-likeness (QED) is 0.659. The van der Waals surface area contributed by atoms with Gasteiger partial charge in [0.15, 0.2) is 0 Å². The molecule has 0 aliphatic heterocycles. The summed E-state index contributed by atoms with van der Waals surface area (Å²) in [5.74, 6) is -0.455. The minimum atomic E-state index is -4.61.